The third kappa shape index (κ3) is 4.44. The standard InChI is InChI=1S/C12H25N3O3/c1-2-11(17)9-6-10(14-4-3-5-16)8-15(7-9)12(13)18/h9-11,14,16-17H,2-8H2,1H3,(H2,13,18). The van der Waals surface area contributed by atoms with E-state index in [0.717, 1.165) is 6.42 Å². The van der Waals surface area contributed by atoms with E-state index in [9.17, 15) is 9.90 Å². The predicted octanol–water partition coefficient (Wildman–Crippen LogP) is -0.501. The van der Waals surface area contributed by atoms with Gasteiger partial charge in [0.05, 0.1) is 6.10 Å². The molecule has 1 aliphatic rings. The van der Waals surface area contributed by atoms with Crippen molar-refractivity contribution >= 4 is 6.03 Å². The third-order valence-corrected chi connectivity index (χ3v) is 3.52. The Hall–Kier alpha value is -0.850. The lowest BCUT2D eigenvalue weighted by Crippen LogP contribution is -2.54. The minimum atomic E-state index is -0.433. The first-order valence-electron chi connectivity index (χ1n) is 6.65. The maximum Gasteiger partial charge on any atom is 0.314 e. The average Bonchev–Trinajstić information content (AvgIpc) is 2.37. The quantitative estimate of drug-likeness (QED) is 0.483. The second-order valence-electron chi connectivity index (χ2n) is 4.94. The highest BCUT2D eigenvalue weighted by Crippen LogP contribution is 2.21. The molecule has 0 bridgehead atoms. The van der Waals surface area contributed by atoms with Crippen LogP contribution in [-0.2, 0) is 0 Å². The Kier molecular flexibility index (Phi) is 6.38. The lowest BCUT2D eigenvalue weighted by atomic mass is 9.88. The van der Waals surface area contributed by atoms with Crippen LogP contribution in [0, 0.1) is 5.92 Å². The summed E-state index contributed by atoms with van der Waals surface area (Å²) in [5.41, 5.74) is 5.33. The van der Waals surface area contributed by atoms with Gasteiger partial charge in [0.25, 0.3) is 0 Å². The van der Waals surface area contributed by atoms with E-state index in [0.29, 0.717) is 32.5 Å². The first-order valence-corrected chi connectivity index (χ1v) is 6.65. The maximum absolute atomic E-state index is 11.3. The number of nitrogens with zero attached hydrogens (tertiary/aromatic N) is 1. The number of aliphatic hydroxyl groups is 2. The highest BCUT2D eigenvalue weighted by Gasteiger charge is 2.31. The van der Waals surface area contributed by atoms with E-state index in [4.69, 9.17) is 10.8 Å². The Morgan fingerprint density at radius 3 is 2.83 bits per heavy atom. The number of nitrogens with two attached hydrogens (primary N) is 1. The van der Waals surface area contributed by atoms with E-state index in [1.54, 1.807) is 4.90 Å². The van der Waals surface area contributed by atoms with Crippen molar-refractivity contribution in [2.75, 3.05) is 26.2 Å². The van der Waals surface area contributed by atoms with Crippen LogP contribution in [0.25, 0.3) is 0 Å². The van der Waals surface area contributed by atoms with Crippen molar-refractivity contribution in [3.8, 4) is 0 Å². The normalized spacial score (nSPS) is 26.1. The number of carbonyl (C=O) groups is 1. The number of urea groups is 1. The number of hydrogen-bond donors (Lipinski definition) is 4. The summed E-state index contributed by atoms with van der Waals surface area (Å²) >= 11 is 0. The zero-order valence-electron chi connectivity index (χ0n) is 11.0. The van der Waals surface area contributed by atoms with Crippen molar-refractivity contribution in [2.45, 2.75) is 38.3 Å². The number of rotatable bonds is 6. The number of hydrogen-bond acceptors (Lipinski definition) is 4. The second kappa shape index (κ2) is 7.56. The predicted molar refractivity (Wildman–Crippen MR) is 69.1 cm³/mol. The molecule has 0 radical (unpaired) electrons. The molecule has 1 rings (SSSR count). The Balaban J connectivity index is 2.53. The number of carbonyl (C=O) groups excluding carboxylic acids is 1. The van der Waals surface area contributed by atoms with Crippen LogP contribution in [0.5, 0.6) is 0 Å². The molecule has 6 nitrogen and oxygen atoms in total. The SMILES string of the molecule is CCC(O)C1CC(NCCCO)CN(C(N)=O)C1. The van der Waals surface area contributed by atoms with Crippen LogP contribution in [-0.4, -0.2) is 59.5 Å². The molecule has 3 atom stereocenters. The van der Waals surface area contributed by atoms with Crippen molar-refractivity contribution in [2.24, 2.45) is 11.7 Å². The summed E-state index contributed by atoms with van der Waals surface area (Å²) < 4.78 is 0. The smallest absolute Gasteiger partial charge is 0.314 e. The molecule has 0 aromatic carbocycles. The van der Waals surface area contributed by atoms with Crippen molar-refractivity contribution in [3.63, 3.8) is 0 Å². The van der Waals surface area contributed by atoms with Gasteiger partial charge in [-0.1, -0.05) is 6.92 Å². The summed E-state index contributed by atoms with van der Waals surface area (Å²) in [6, 6.07) is -0.291. The summed E-state index contributed by atoms with van der Waals surface area (Å²) in [4.78, 5) is 12.9. The summed E-state index contributed by atoms with van der Waals surface area (Å²) in [5.74, 6) is 0.0721. The number of nitrogens with one attached hydrogen (secondary N) is 1. The summed E-state index contributed by atoms with van der Waals surface area (Å²) in [7, 11) is 0. The molecule has 0 aliphatic carbocycles. The molecule has 0 spiro atoms. The van der Waals surface area contributed by atoms with E-state index >= 15 is 0 Å². The largest absolute Gasteiger partial charge is 0.396 e. The van der Waals surface area contributed by atoms with E-state index < -0.39 is 12.1 Å². The van der Waals surface area contributed by atoms with Gasteiger partial charge in [0.15, 0.2) is 0 Å². The topological polar surface area (TPSA) is 98.8 Å². The molecule has 0 saturated carbocycles. The number of primary amides is 1. The number of amides is 2. The summed E-state index contributed by atoms with van der Waals surface area (Å²) in [5, 5.41) is 22.0. The zero-order valence-corrected chi connectivity index (χ0v) is 11.0. The number of likely N-dealkylation sites (tertiary alicyclic amines) is 1. The van der Waals surface area contributed by atoms with E-state index in [2.05, 4.69) is 5.32 Å². The first kappa shape index (κ1) is 15.2. The number of piperidine rings is 1. The van der Waals surface area contributed by atoms with Gasteiger partial charge in [-0.25, -0.2) is 4.79 Å². The van der Waals surface area contributed by atoms with Gasteiger partial charge in [-0.15, -0.1) is 0 Å². The Bertz CT molecular complexity index is 263. The fourth-order valence-electron chi connectivity index (χ4n) is 2.46. The molecule has 106 valence electrons. The van der Waals surface area contributed by atoms with Gasteiger partial charge in [0.2, 0.25) is 0 Å². The molecule has 1 fully saturated rings. The zero-order chi connectivity index (χ0) is 13.5. The lowest BCUT2D eigenvalue weighted by Gasteiger charge is -2.39. The number of aliphatic hydroxyl groups excluding tert-OH is 2. The van der Waals surface area contributed by atoms with Gasteiger partial charge in [-0.3, -0.25) is 0 Å². The lowest BCUT2D eigenvalue weighted by molar-refractivity contribution is 0.0485. The van der Waals surface area contributed by atoms with Crippen LogP contribution in [0.2, 0.25) is 0 Å². The highest BCUT2D eigenvalue weighted by molar-refractivity contribution is 5.72. The molecule has 0 aromatic heterocycles. The molecule has 1 saturated heterocycles. The molecule has 1 heterocycles. The van der Waals surface area contributed by atoms with E-state index in [-0.39, 0.29) is 18.6 Å². The van der Waals surface area contributed by atoms with Gasteiger partial charge >= 0.3 is 6.03 Å². The van der Waals surface area contributed by atoms with Crippen molar-refractivity contribution < 1.29 is 15.0 Å². The van der Waals surface area contributed by atoms with Crippen LogP contribution in [0.1, 0.15) is 26.2 Å². The maximum atomic E-state index is 11.3. The van der Waals surface area contributed by atoms with E-state index in [1.165, 1.54) is 0 Å². The molecule has 6 heteroatoms. The van der Waals surface area contributed by atoms with Crippen LogP contribution in [0.4, 0.5) is 4.79 Å². The van der Waals surface area contributed by atoms with Crippen LogP contribution in [0.3, 0.4) is 0 Å². The average molecular weight is 259 g/mol. The third-order valence-electron chi connectivity index (χ3n) is 3.52. The molecular weight excluding hydrogens is 234 g/mol. The summed E-state index contributed by atoms with van der Waals surface area (Å²) in [6.07, 6.45) is 1.81. The van der Waals surface area contributed by atoms with Gasteiger partial charge in [0, 0.05) is 31.7 Å². The van der Waals surface area contributed by atoms with Gasteiger partial charge in [0.1, 0.15) is 0 Å². The molecule has 3 unspecified atom stereocenters. The van der Waals surface area contributed by atoms with Crippen LogP contribution >= 0.6 is 0 Å². The molecule has 18 heavy (non-hydrogen) atoms. The minimum absolute atomic E-state index is 0.0721. The molecule has 0 aromatic rings. The molecular formula is C12H25N3O3. The Labute approximate surface area is 108 Å². The Morgan fingerprint density at radius 1 is 1.56 bits per heavy atom. The van der Waals surface area contributed by atoms with E-state index in [1.807, 2.05) is 6.92 Å². The van der Waals surface area contributed by atoms with Crippen LogP contribution < -0.4 is 11.1 Å². The van der Waals surface area contributed by atoms with Crippen molar-refractivity contribution in [1.29, 1.82) is 0 Å². The first-order chi connectivity index (χ1) is 8.58. The highest BCUT2D eigenvalue weighted by atomic mass is 16.3. The van der Waals surface area contributed by atoms with Crippen molar-refractivity contribution in [3.05, 3.63) is 0 Å². The van der Waals surface area contributed by atoms with Gasteiger partial charge in [-0.05, 0) is 25.8 Å². The fraction of sp³-hybridized carbons (Fsp3) is 0.917. The molecule has 1 aliphatic heterocycles. The van der Waals surface area contributed by atoms with Gasteiger partial charge < -0.3 is 26.2 Å². The van der Waals surface area contributed by atoms with Crippen molar-refractivity contribution in [1.82, 2.24) is 10.2 Å². The Morgan fingerprint density at radius 2 is 2.28 bits per heavy atom. The molecule has 5 N–H and O–H groups in total. The monoisotopic (exact) mass is 259 g/mol. The molecule has 2 amide bonds. The van der Waals surface area contributed by atoms with Crippen LogP contribution in [0.15, 0.2) is 0 Å². The van der Waals surface area contributed by atoms with Gasteiger partial charge in [-0.2, -0.15) is 0 Å². The minimum Gasteiger partial charge on any atom is -0.396 e. The second-order valence-corrected chi connectivity index (χ2v) is 4.94. The fourth-order valence-corrected chi connectivity index (χ4v) is 2.46. The summed E-state index contributed by atoms with van der Waals surface area (Å²) in [6.45, 7) is 3.90.